The zero-order chi connectivity index (χ0) is 22.7. The van der Waals surface area contributed by atoms with Crippen LogP contribution in [0.25, 0.3) is 0 Å². The van der Waals surface area contributed by atoms with Crippen molar-refractivity contribution in [3.05, 3.63) is 52.4 Å². The van der Waals surface area contributed by atoms with Gasteiger partial charge in [-0.25, -0.2) is 4.79 Å². The molecule has 4 amide bonds. The Balaban J connectivity index is 1.70. The lowest BCUT2D eigenvalue weighted by molar-refractivity contribution is -0.151. The number of esters is 1. The summed E-state index contributed by atoms with van der Waals surface area (Å²) in [6.45, 7) is 3.04. The van der Waals surface area contributed by atoms with Gasteiger partial charge in [0, 0.05) is 0 Å². The van der Waals surface area contributed by atoms with Gasteiger partial charge in [-0.05, 0) is 35.9 Å². The van der Waals surface area contributed by atoms with Gasteiger partial charge in [-0.2, -0.15) is 0 Å². The van der Waals surface area contributed by atoms with Crippen LogP contribution in [0.2, 0.25) is 0 Å². The van der Waals surface area contributed by atoms with Crippen LogP contribution in [0.1, 0.15) is 51.3 Å². The first kappa shape index (κ1) is 22.2. The van der Waals surface area contributed by atoms with Crippen LogP contribution < -0.4 is 11.1 Å². The zero-order valence-corrected chi connectivity index (χ0v) is 17.7. The molecule has 9 nitrogen and oxygen atoms in total. The number of nitrogens with two attached hydrogens (primary N) is 1. The summed E-state index contributed by atoms with van der Waals surface area (Å²) < 4.78 is 5.12. The van der Waals surface area contributed by atoms with Crippen molar-refractivity contribution in [3.63, 3.8) is 0 Å². The third-order valence-corrected chi connectivity index (χ3v) is 5.46. The summed E-state index contributed by atoms with van der Waals surface area (Å²) in [6, 6.07) is 6.63. The molecule has 1 aliphatic heterocycles. The molecule has 1 aromatic heterocycles. The molecule has 0 unspecified atom stereocenters. The number of nitrogens with one attached hydrogen (secondary N) is 1. The fourth-order valence-electron chi connectivity index (χ4n) is 3.24. The van der Waals surface area contributed by atoms with Crippen LogP contribution in [0, 0.1) is 5.92 Å². The molecule has 0 spiro atoms. The Kier molecular flexibility index (Phi) is 6.50. The molecule has 162 valence electrons. The van der Waals surface area contributed by atoms with Gasteiger partial charge in [-0.3, -0.25) is 24.1 Å². The minimum atomic E-state index is -1.16. The largest absolute Gasteiger partial charge is 0.454 e. The van der Waals surface area contributed by atoms with Crippen molar-refractivity contribution in [1.29, 1.82) is 0 Å². The molecule has 1 atom stereocenters. The first-order chi connectivity index (χ1) is 14.7. The maximum atomic E-state index is 12.8. The van der Waals surface area contributed by atoms with Crippen LogP contribution >= 0.6 is 11.3 Å². The first-order valence-electron chi connectivity index (χ1n) is 9.51. The Labute approximate surface area is 182 Å². The monoisotopic (exact) mass is 443 g/mol. The molecule has 0 saturated carbocycles. The quantitative estimate of drug-likeness (QED) is 0.473. The van der Waals surface area contributed by atoms with Crippen LogP contribution in [-0.4, -0.2) is 47.1 Å². The van der Waals surface area contributed by atoms with Crippen molar-refractivity contribution in [3.8, 4) is 0 Å². The summed E-state index contributed by atoms with van der Waals surface area (Å²) >= 11 is 1.10. The number of imide groups is 1. The van der Waals surface area contributed by atoms with Crippen LogP contribution in [-0.2, 0) is 14.3 Å². The number of fused-ring (bicyclic) bond motifs is 1. The van der Waals surface area contributed by atoms with E-state index < -0.39 is 42.2 Å². The van der Waals surface area contributed by atoms with E-state index in [4.69, 9.17) is 10.5 Å². The highest BCUT2D eigenvalue weighted by Crippen LogP contribution is 2.27. The molecule has 1 aromatic carbocycles. The maximum Gasteiger partial charge on any atom is 0.329 e. The summed E-state index contributed by atoms with van der Waals surface area (Å²) in [6.07, 6.45) is 0.183. The lowest BCUT2D eigenvalue weighted by Gasteiger charge is -2.25. The summed E-state index contributed by atoms with van der Waals surface area (Å²) in [5.41, 5.74) is 5.83. The maximum absolute atomic E-state index is 12.8. The Morgan fingerprint density at radius 2 is 1.71 bits per heavy atom. The van der Waals surface area contributed by atoms with Gasteiger partial charge in [0.05, 0.1) is 16.7 Å². The molecule has 0 saturated heterocycles. The average molecular weight is 443 g/mol. The minimum Gasteiger partial charge on any atom is -0.454 e. The molecule has 0 radical (unpaired) electrons. The number of rotatable bonds is 8. The van der Waals surface area contributed by atoms with E-state index >= 15 is 0 Å². The number of carbonyl (C=O) groups excluding carboxylic acids is 5. The number of ether oxygens (including phenoxy) is 1. The number of benzene rings is 1. The number of hydrogen-bond acceptors (Lipinski definition) is 7. The van der Waals surface area contributed by atoms with Gasteiger partial charge in [0.1, 0.15) is 11.0 Å². The zero-order valence-electron chi connectivity index (χ0n) is 16.9. The van der Waals surface area contributed by atoms with Gasteiger partial charge in [0.2, 0.25) is 0 Å². The highest BCUT2D eigenvalue weighted by atomic mass is 32.1. The molecule has 31 heavy (non-hydrogen) atoms. The highest BCUT2D eigenvalue weighted by Gasteiger charge is 2.43. The molecule has 1 aliphatic rings. The Morgan fingerprint density at radius 3 is 2.26 bits per heavy atom. The molecular weight excluding hydrogens is 422 g/mol. The van der Waals surface area contributed by atoms with E-state index in [0.29, 0.717) is 0 Å². The van der Waals surface area contributed by atoms with E-state index in [-0.39, 0.29) is 34.0 Å². The van der Waals surface area contributed by atoms with E-state index in [1.807, 2.05) is 13.8 Å². The number of anilines is 1. The summed E-state index contributed by atoms with van der Waals surface area (Å²) in [5, 5.41) is 4.29. The molecule has 2 aromatic rings. The van der Waals surface area contributed by atoms with Crippen molar-refractivity contribution in [2.24, 2.45) is 11.7 Å². The Hall–Kier alpha value is -3.53. The van der Waals surface area contributed by atoms with Crippen molar-refractivity contribution in [1.82, 2.24) is 4.90 Å². The number of hydrogen-bond donors (Lipinski definition) is 2. The lowest BCUT2D eigenvalue weighted by atomic mass is 10.0. The molecule has 0 aliphatic carbocycles. The number of thiophene rings is 1. The smallest absolute Gasteiger partial charge is 0.329 e. The molecule has 3 N–H and O–H groups in total. The van der Waals surface area contributed by atoms with Crippen molar-refractivity contribution < 1.29 is 28.7 Å². The van der Waals surface area contributed by atoms with Gasteiger partial charge in [0.15, 0.2) is 6.61 Å². The molecule has 3 rings (SSSR count). The number of amides is 4. The fourth-order valence-corrected chi connectivity index (χ4v) is 4.05. The molecule has 0 bridgehead atoms. The third-order valence-electron chi connectivity index (χ3n) is 4.63. The number of nitrogens with zero attached hydrogens (tertiary/aromatic N) is 1. The van der Waals surface area contributed by atoms with E-state index in [2.05, 4.69) is 5.32 Å². The topological polar surface area (TPSA) is 136 Å². The predicted molar refractivity (Wildman–Crippen MR) is 113 cm³/mol. The molecule has 0 fully saturated rings. The highest BCUT2D eigenvalue weighted by molar-refractivity contribution is 7.14. The number of carbonyl (C=O) groups is 5. The second kappa shape index (κ2) is 9.09. The molecule has 10 heteroatoms. The average Bonchev–Trinajstić information content (AvgIpc) is 3.28. The van der Waals surface area contributed by atoms with Crippen molar-refractivity contribution in [2.45, 2.75) is 26.3 Å². The van der Waals surface area contributed by atoms with Crippen LogP contribution in [0.15, 0.2) is 35.7 Å². The van der Waals surface area contributed by atoms with E-state index in [0.717, 1.165) is 16.2 Å². The second-order valence-electron chi connectivity index (χ2n) is 7.35. The van der Waals surface area contributed by atoms with Gasteiger partial charge in [-0.1, -0.05) is 26.0 Å². The summed E-state index contributed by atoms with van der Waals surface area (Å²) in [5.74, 6) is -3.41. The first-order valence-corrected chi connectivity index (χ1v) is 10.4. The lowest BCUT2D eigenvalue weighted by Crippen LogP contribution is -2.46. The summed E-state index contributed by atoms with van der Waals surface area (Å²) in [7, 11) is 0. The van der Waals surface area contributed by atoms with Gasteiger partial charge >= 0.3 is 5.97 Å². The normalized spacial score (nSPS) is 13.8. The van der Waals surface area contributed by atoms with E-state index in [9.17, 15) is 24.0 Å². The Morgan fingerprint density at radius 1 is 1.10 bits per heavy atom. The van der Waals surface area contributed by atoms with Gasteiger partial charge in [0.25, 0.3) is 23.6 Å². The van der Waals surface area contributed by atoms with E-state index in [1.54, 1.807) is 17.5 Å². The van der Waals surface area contributed by atoms with Crippen molar-refractivity contribution in [2.75, 3.05) is 11.9 Å². The van der Waals surface area contributed by atoms with E-state index in [1.165, 1.54) is 18.2 Å². The SMILES string of the molecule is CC(C)C[C@@H](C(=O)OCC(=O)Nc1sccc1C(N)=O)N1C(=O)c2ccccc2C1=O. The second-order valence-corrected chi connectivity index (χ2v) is 8.27. The molecule has 2 heterocycles. The fraction of sp³-hybridized carbons (Fsp3) is 0.286. The van der Waals surface area contributed by atoms with Crippen LogP contribution in [0.4, 0.5) is 5.00 Å². The summed E-state index contributed by atoms with van der Waals surface area (Å²) in [4.78, 5) is 62.7. The minimum absolute atomic E-state index is 0.0278. The van der Waals surface area contributed by atoms with Gasteiger partial charge < -0.3 is 15.8 Å². The Bertz CT molecular complexity index is 1030. The van der Waals surface area contributed by atoms with Crippen LogP contribution in [0.3, 0.4) is 0 Å². The third kappa shape index (κ3) is 4.64. The predicted octanol–water partition coefficient (Wildman–Crippen LogP) is 2.04. The van der Waals surface area contributed by atoms with Crippen molar-refractivity contribution >= 4 is 45.9 Å². The van der Waals surface area contributed by atoms with Crippen LogP contribution in [0.5, 0.6) is 0 Å². The molecular formula is C21H21N3O6S. The standard InChI is InChI=1S/C21H21N3O6S/c1-11(2)9-15(24-19(27)12-5-3-4-6-13(12)20(24)28)21(29)30-10-16(25)23-18-14(17(22)26)7-8-31-18/h3-8,11,15H,9-10H2,1-2H3,(H2,22,26)(H,23,25)/t15-/m0/s1. The van der Waals surface area contributed by atoms with Gasteiger partial charge in [-0.15, -0.1) is 11.3 Å². The number of primary amides is 1.